The number of nitrogens with two attached hydrogens (primary N) is 1. The molecular weight excluding hydrogens is 498 g/mol. The first-order chi connectivity index (χ1) is 18.4. The standard InChI is InChI=1S/C30H29N3O4S/c1-32(29(34)36-18-20-3-9-24(35-2)10-4-20)30(13-14-30)19-37-25-11-12-26-27(16-25)38-28-15-22(17-33(26)28)21-5-7-23(31)8-6-21/h3-12,15-17H,13-14,18-19,31H2,1-2H3. The van der Waals surface area contributed by atoms with Crippen molar-refractivity contribution in [2.24, 2.45) is 0 Å². The van der Waals surface area contributed by atoms with E-state index in [9.17, 15) is 4.79 Å². The minimum Gasteiger partial charge on any atom is -0.497 e. The van der Waals surface area contributed by atoms with Crippen molar-refractivity contribution in [2.75, 3.05) is 26.5 Å². The third-order valence-corrected chi connectivity index (χ3v) is 8.35. The van der Waals surface area contributed by atoms with Crippen LogP contribution in [0.2, 0.25) is 0 Å². The van der Waals surface area contributed by atoms with Gasteiger partial charge in [0.25, 0.3) is 0 Å². The van der Waals surface area contributed by atoms with Gasteiger partial charge in [-0.25, -0.2) is 4.79 Å². The van der Waals surface area contributed by atoms with E-state index in [0.29, 0.717) is 6.61 Å². The number of ether oxygens (including phenoxy) is 3. The maximum absolute atomic E-state index is 12.7. The number of hydrogen-bond donors (Lipinski definition) is 1. The van der Waals surface area contributed by atoms with Gasteiger partial charge in [-0.2, -0.15) is 0 Å². The molecular formula is C30H29N3O4S. The number of carbonyl (C=O) groups is 1. The molecule has 0 unspecified atom stereocenters. The highest BCUT2D eigenvalue weighted by Gasteiger charge is 2.50. The molecule has 0 bridgehead atoms. The van der Waals surface area contributed by atoms with Crippen molar-refractivity contribution in [3.05, 3.63) is 84.6 Å². The molecule has 1 saturated carbocycles. The van der Waals surface area contributed by atoms with Crippen LogP contribution in [-0.4, -0.2) is 41.7 Å². The fourth-order valence-electron chi connectivity index (χ4n) is 4.62. The molecule has 8 heteroatoms. The van der Waals surface area contributed by atoms with E-state index in [-0.39, 0.29) is 18.2 Å². The average Bonchev–Trinajstić information content (AvgIpc) is 3.51. The lowest BCUT2D eigenvalue weighted by atomic mass is 10.1. The molecule has 38 heavy (non-hydrogen) atoms. The number of likely N-dealkylation sites (N-methyl/N-ethyl adjacent to an activating group) is 1. The quantitative estimate of drug-likeness (QED) is 0.230. The van der Waals surface area contributed by atoms with Crippen LogP contribution in [0, 0.1) is 0 Å². The third-order valence-electron chi connectivity index (χ3n) is 7.28. The molecule has 1 aliphatic rings. The predicted octanol–water partition coefficient (Wildman–Crippen LogP) is 6.59. The SMILES string of the molecule is COc1ccc(COC(=O)N(C)C2(COc3ccc4c(c3)sc3cc(-c5ccc(N)cc5)cn34)CC2)cc1. The Kier molecular flexibility index (Phi) is 6.12. The van der Waals surface area contributed by atoms with Crippen molar-refractivity contribution in [1.29, 1.82) is 0 Å². The van der Waals surface area contributed by atoms with E-state index in [0.717, 1.165) is 56.9 Å². The number of nitrogens with zero attached hydrogens (tertiary/aromatic N) is 2. The molecule has 0 atom stereocenters. The minimum absolute atomic E-state index is 0.215. The van der Waals surface area contributed by atoms with E-state index in [1.54, 1.807) is 30.4 Å². The Morgan fingerprint density at radius 1 is 1.00 bits per heavy atom. The molecule has 2 N–H and O–H groups in total. The molecule has 0 aliphatic heterocycles. The van der Waals surface area contributed by atoms with Crippen LogP contribution in [0.15, 0.2) is 79.0 Å². The maximum atomic E-state index is 12.7. The number of rotatable bonds is 8. The molecule has 2 aromatic heterocycles. The Bertz CT molecular complexity index is 1600. The summed E-state index contributed by atoms with van der Waals surface area (Å²) in [4.78, 5) is 15.6. The van der Waals surface area contributed by atoms with Crippen molar-refractivity contribution in [3.63, 3.8) is 0 Å². The molecule has 2 heterocycles. The summed E-state index contributed by atoms with van der Waals surface area (Å²) in [6, 6.07) is 23.8. The van der Waals surface area contributed by atoms with Gasteiger partial charge in [-0.3, -0.25) is 0 Å². The number of methoxy groups -OCH3 is 1. The summed E-state index contributed by atoms with van der Waals surface area (Å²) in [5.41, 5.74) is 10.6. The summed E-state index contributed by atoms with van der Waals surface area (Å²) in [5, 5.41) is 0. The van der Waals surface area contributed by atoms with Crippen LogP contribution in [0.3, 0.4) is 0 Å². The topological polar surface area (TPSA) is 78.4 Å². The molecule has 1 aliphatic carbocycles. The Morgan fingerprint density at radius 2 is 1.74 bits per heavy atom. The fourth-order valence-corrected chi connectivity index (χ4v) is 5.72. The molecule has 1 amide bonds. The highest BCUT2D eigenvalue weighted by Crippen LogP contribution is 2.42. The normalized spacial score (nSPS) is 13.9. The zero-order valence-electron chi connectivity index (χ0n) is 21.3. The Morgan fingerprint density at radius 3 is 2.45 bits per heavy atom. The molecule has 0 saturated heterocycles. The van der Waals surface area contributed by atoms with E-state index >= 15 is 0 Å². The average molecular weight is 528 g/mol. The number of anilines is 1. The number of hydrogen-bond acceptors (Lipinski definition) is 6. The van der Waals surface area contributed by atoms with Gasteiger partial charge in [-0.1, -0.05) is 24.3 Å². The summed E-state index contributed by atoms with van der Waals surface area (Å²) in [6.45, 7) is 0.644. The predicted molar refractivity (Wildman–Crippen MR) is 151 cm³/mol. The number of amides is 1. The number of thiazole rings is 1. The number of aromatic nitrogens is 1. The van der Waals surface area contributed by atoms with Crippen LogP contribution in [0.1, 0.15) is 18.4 Å². The monoisotopic (exact) mass is 527 g/mol. The summed E-state index contributed by atoms with van der Waals surface area (Å²) < 4.78 is 20.3. The smallest absolute Gasteiger partial charge is 0.410 e. The molecule has 5 aromatic rings. The van der Waals surface area contributed by atoms with Gasteiger partial charge in [0.1, 0.15) is 29.5 Å². The Hall–Kier alpha value is -4.17. The van der Waals surface area contributed by atoms with E-state index in [1.807, 2.05) is 54.6 Å². The van der Waals surface area contributed by atoms with Crippen molar-refractivity contribution in [3.8, 4) is 22.6 Å². The maximum Gasteiger partial charge on any atom is 0.410 e. The van der Waals surface area contributed by atoms with E-state index in [4.69, 9.17) is 19.9 Å². The largest absolute Gasteiger partial charge is 0.497 e. The Balaban J connectivity index is 1.10. The van der Waals surface area contributed by atoms with Crippen molar-refractivity contribution < 1.29 is 19.0 Å². The van der Waals surface area contributed by atoms with E-state index in [1.165, 1.54) is 4.83 Å². The van der Waals surface area contributed by atoms with Gasteiger partial charge in [0.05, 0.1) is 22.9 Å². The van der Waals surface area contributed by atoms with Crippen LogP contribution in [0.25, 0.3) is 26.2 Å². The van der Waals surface area contributed by atoms with Crippen molar-refractivity contribution in [1.82, 2.24) is 9.30 Å². The van der Waals surface area contributed by atoms with Gasteiger partial charge in [0, 0.05) is 24.5 Å². The van der Waals surface area contributed by atoms with Gasteiger partial charge < -0.3 is 29.2 Å². The first kappa shape index (κ1) is 24.2. The van der Waals surface area contributed by atoms with Crippen LogP contribution < -0.4 is 15.2 Å². The molecule has 7 nitrogen and oxygen atoms in total. The lowest BCUT2D eigenvalue weighted by molar-refractivity contribution is 0.0727. The van der Waals surface area contributed by atoms with Gasteiger partial charge >= 0.3 is 6.09 Å². The summed E-state index contributed by atoms with van der Waals surface area (Å²) in [6.07, 6.45) is 3.59. The molecule has 1 fully saturated rings. The number of benzene rings is 3. The van der Waals surface area contributed by atoms with Crippen molar-refractivity contribution in [2.45, 2.75) is 25.0 Å². The molecule has 6 rings (SSSR count). The highest BCUT2D eigenvalue weighted by atomic mass is 32.1. The second kappa shape index (κ2) is 9.61. The Labute approximate surface area is 225 Å². The van der Waals surface area contributed by atoms with Gasteiger partial charge in [-0.15, -0.1) is 11.3 Å². The first-order valence-electron chi connectivity index (χ1n) is 12.5. The molecule has 3 aromatic carbocycles. The van der Waals surface area contributed by atoms with Gasteiger partial charge in [0.2, 0.25) is 0 Å². The molecule has 0 spiro atoms. The summed E-state index contributed by atoms with van der Waals surface area (Å²) in [5.74, 6) is 1.57. The van der Waals surface area contributed by atoms with Crippen molar-refractivity contribution >= 4 is 38.2 Å². The lowest BCUT2D eigenvalue weighted by Gasteiger charge is -2.27. The third kappa shape index (κ3) is 4.63. The fraction of sp³-hybridized carbons (Fsp3) is 0.233. The zero-order chi connectivity index (χ0) is 26.3. The van der Waals surface area contributed by atoms with E-state index < -0.39 is 0 Å². The lowest BCUT2D eigenvalue weighted by Crippen LogP contribution is -2.43. The minimum atomic E-state index is -0.345. The van der Waals surface area contributed by atoms with Crippen LogP contribution >= 0.6 is 11.3 Å². The number of fused-ring (bicyclic) bond motifs is 3. The zero-order valence-corrected chi connectivity index (χ0v) is 22.2. The van der Waals surface area contributed by atoms with Crippen LogP contribution in [0.5, 0.6) is 11.5 Å². The summed E-state index contributed by atoms with van der Waals surface area (Å²) >= 11 is 1.73. The number of nitrogen functional groups attached to an aromatic ring is 1. The second-order valence-electron chi connectivity index (χ2n) is 9.77. The second-order valence-corrected chi connectivity index (χ2v) is 10.8. The van der Waals surface area contributed by atoms with Gasteiger partial charge in [-0.05, 0) is 72.5 Å². The highest BCUT2D eigenvalue weighted by molar-refractivity contribution is 7.24. The van der Waals surface area contributed by atoms with Crippen LogP contribution in [-0.2, 0) is 11.3 Å². The summed E-state index contributed by atoms with van der Waals surface area (Å²) in [7, 11) is 3.41. The van der Waals surface area contributed by atoms with E-state index in [2.05, 4.69) is 28.8 Å². The number of carbonyl (C=O) groups excluding carboxylic acids is 1. The molecule has 194 valence electrons. The molecule has 0 radical (unpaired) electrons. The van der Waals surface area contributed by atoms with Crippen LogP contribution in [0.4, 0.5) is 10.5 Å². The van der Waals surface area contributed by atoms with Gasteiger partial charge in [0.15, 0.2) is 0 Å². The first-order valence-corrected chi connectivity index (χ1v) is 13.3.